The molecule has 1 rings (SSSR count). The minimum atomic E-state index is -1.08. The van der Waals surface area contributed by atoms with Crippen LogP contribution < -0.4 is 10.6 Å². The smallest absolute Gasteiger partial charge is 0.329 e. The van der Waals surface area contributed by atoms with Crippen LogP contribution in [0.4, 0.5) is 0 Å². The van der Waals surface area contributed by atoms with Crippen LogP contribution in [0.5, 0.6) is 0 Å². The summed E-state index contributed by atoms with van der Waals surface area (Å²) in [5, 5.41) is 23.3. The van der Waals surface area contributed by atoms with Gasteiger partial charge in [0, 0.05) is 25.4 Å². The van der Waals surface area contributed by atoms with Crippen molar-refractivity contribution in [2.45, 2.75) is 38.3 Å². The molecular weight excluding hydrogens is 366 g/mol. The van der Waals surface area contributed by atoms with Gasteiger partial charge in [0.05, 0.1) is 18.8 Å². The zero-order valence-electron chi connectivity index (χ0n) is 15.8. The Hall–Kier alpha value is -2.78. The lowest BCUT2D eigenvalue weighted by atomic mass is 10.1. The summed E-state index contributed by atoms with van der Waals surface area (Å²) in [5.41, 5.74) is 0.259. The fourth-order valence-corrected chi connectivity index (χ4v) is 2.15. The molecular formula is C19H27N3O6. The minimum Gasteiger partial charge on any atom is -0.456 e. The molecule has 0 saturated heterocycles. The number of amides is 2. The predicted molar refractivity (Wildman–Crippen MR) is 101 cm³/mol. The van der Waals surface area contributed by atoms with E-state index in [1.165, 1.54) is 18.5 Å². The number of hydrogen-bond donors (Lipinski definition) is 4. The summed E-state index contributed by atoms with van der Waals surface area (Å²) in [5.74, 6) is -1.55. The Morgan fingerprint density at radius 2 is 2.00 bits per heavy atom. The van der Waals surface area contributed by atoms with E-state index in [9.17, 15) is 14.4 Å². The summed E-state index contributed by atoms with van der Waals surface area (Å²) in [6.07, 6.45) is 6.54. The van der Waals surface area contributed by atoms with Crippen molar-refractivity contribution in [3.63, 3.8) is 0 Å². The average Bonchev–Trinajstić information content (AvgIpc) is 2.71. The van der Waals surface area contributed by atoms with E-state index in [2.05, 4.69) is 15.6 Å². The van der Waals surface area contributed by atoms with Gasteiger partial charge in [0.15, 0.2) is 0 Å². The number of nitrogens with zero attached hydrogens (tertiary/aromatic N) is 1. The summed E-state index contributed by atoms with van der Waals surface area (Å²) in [6.45, 7) is 0.994. The van der Waals surface area contributed by atoms with Gasteiger partial charge in [-0.1, -0.05) is 19.1 Å². The Kier molecular flexibility index (Phi) is 11.1. The molecule has 4 N–H and O–H groups in total. The van der Waals surface area contributed by atoms with Crippen molar-refractivity contribution < 1.29 is 29.3 Å². The van der Waals surface area contributed by atoms with Gasteiger partial charge in [0.25, 0.3) is 5.91 Å². The molecule has 9 nitrogen and oxygen atoms in total. The molecule has 0 spiro atoms. The number of aliphatic hydroxyl groups is 2. The Bertz CT molecular complexity index is 646. The molecule has 1 aromatic heterocycles. The molecule has 2 amide bonds. The number of esters is 1. The van der Waals surface area contributed by atoms with Crippen molar-refractivity contribution in [2.24, 2.45) is 0 Å². The van der Waals surface area contributed by atoms with E-state index < -0.39 is 37.2 Å². The van der Waals surface area contributed by atoms with Crippen molar-refractivity contribution in [3.05, 3.63) is 42.2 Å². The predicted octanol–water partition coefficient (Wildman–Crippen LogP) is -0.0610. The quantitative estimate of drug-likeness (QED) is 0.288. The van der Waals surface area contributed by atoms with Crippen molar-refractivity contribution in [1.29, 1.82) is 0 Å². The third-order valence-corrected chi connectivity index (χ3v) is 3.66. The van der Waals surface area contributed by atoms with Crippen molar-refractivity contribution in [3.8, 4) is 0 Å². The largest absolute Gasteiger partial charge is 0.456 e. The fraction of sp³-hybridized carbons (Fsp3) is 0.474. The van der Waals surface area contributed by atoms with E-state index in [-0.39, 0.29) is 30.9 Å². The van der Waals surface area contributed by atoms with Gasteiger partial charge in [-0.15, -0.1) is 0 Å². The molecule has 9 heteroatoms. The maximum atomic E-state index is 12.3. The van der Waals surface area contributed by atoms with Crippen molar-refractivity contribution >= 4 is 17.8 Å². The fourth-order valence-electron chi connectivity index (χ4n) is 2.15. The van der Waals surface area contributed by atoms with Gasteiger partial charge in [0.2, 0.25) is 5.91 Å². The molecule has 0 aliphatic heterocycles. The Labute approximate surface area is 163 Å². The maximum Gasteiger partial charge on any atom is 0.329 e. The van der Waals surface area contributed by atoms with E-state index in [1.54, 1.807) is 12.1 Å². The first-order chi connectivity index (χ1) is 13.5. The second-order valence-corrected chi connectivity index (χ2v) is 5.91. The van der Waals surface area contributed by atoms with Gasteiger partial charge in [-0.3, -0.25) is 14.6 Å². The molecule has 0 bridgehead atoms. The average molecular weight is 393 g/mol. The van der Waals surface area contributed by atoms with Gasteiger partial charge in [-0.25, -0.2) is 4.79 Å². The summed E-state index contributed by atoms with van der Waals surface area (Å²) in [4.78, 5) is 40.2. The number of hydrogen-bond acceptors (Lipinski definition) is 7. The molecule has 1 atom stereocenters. The van der Waals surface area contributed by atoms with Crippen LogP contribution in [0.15, 0.2) is 36.7 Å². The number of allylic oxidation sites excluding steroid dienone is 1. The highest BCUT2D eigenvalue weighted by atomic mass is 16.6. The lowest BCUT2D eigenvalue weighted by Crippen LogP contribution is -2.45. The summed E-state index contributed by atoms with van der Waals surface area (Å²) < 4.78 is 4.99. The molecule has 1 unspecified atom stereocenters. The van der Waals surface area contributed by atoms with Crippen LogP contribution in [-0.2, 0) is 14.3 Å². The zero-order valence-corrected chi connectivity index (χ0v) is 15.8. The number of carbonyl (C=O) groups excluding carboxylic acids is 3. The first-order valence-electron chi connectivity index (χ1n) is 9.06. The van der Waals surface area contributed by atoms with E-state index in [0.29, 0.717) is 0 Å². The molecule has 0 radical (unpaired) electrons. The van der Waals surface area contributed by atoms with E-state index in [0.717, 1.165) is 6.42 Å². The van der Waals surface area contributed by atoms with E-state index in [1.807, 2.05) is 13.0 Å². The third-order valence-electron chi connectivity index (χ3n) is 3.66. The second kappa shape index (κ2) is 13.4. The number of aromatic nitrogens is 1. The van der Waals surface area contributed by atoms with Crippen LogP contribution in [0.1, 0.15) is 36.5 Å². The normalized spacial score (nSPS) is 12.0. The van der Waals surface area contributed by atoms with Crippen LogP contribution in [0.3, 0.4) is 0 Å². The van der Waals surface area contributed by atoms with Gasteiger partial charge >= 0.3 is 5.97 Å². The number of pyridine rings is 1. The SMILES string of the molecule is CC/C=C\CC(=O)NCCC(NC(=O)c1cccnc1)C(=O)OC(CO)CO. The number of rotatable bonds is 12. The Balaban J connectivity index is 2.69. The second-order valence-electron chi connectivity index (χ2n) is 5.91. The highest BCUT2D eigenvalue weighted by molar-refractivity contribution is 5.96. The van der Waals surface area contributed by atoms with Crippen molar-refractivity contribution in [2.75, 3.05) is 19.8 Å². The molecule has 28 heavy (non-hydrogen) atoms. The van der Waals surface area contributed by atoms with E-state index in [4.69, 9.17) is 14.9 Å². The lowest BCUT2D eigenvalue weighted by molar-refractivity contribution is -0.156. The van der Waals surface area contributed by atoms with Crippen LogP contribution in [0.2, 0.25) is 0 Å². The summed E-state index contributed by atoms with van der Waals surface area (Å²) >= 11 is 0. The van der Waals surface area contributed by atoms with Crippen LogP contribution in [0, 0.1) is 0 Å². The number of aliphatic hydroxyl groups excluding tert-OH is 2. The van der Waals surface area contributed by atoms with Gasteiger partial charge in [0.1, 0.15) is 12.1 Å². The van der Waals surface area contributed by atoms with Gasteiger partial charge in [-0.05, 0) is 25.0 Å². The van der Waals surface area contributed by atoms with Crippen molar-refractivity contribution in [1.82, 2.24) is 15.6 Å². The monoisotopic (exact) mass is 393 g/mol. The maximum absolute atomic E-state index is 12.3. The zero-order chi connectivity index (χ0) is 20.8. The molecule has 0 saturated carbocycles. The highest BCUT2D eigenvalue weighted by Crippen LogP contribution is 2.03. The number of ether oxygens (including phenoxy) is 1. The molecule has 1 heterocycles. The number of nitrogens with one attached hydrogen (secondary N) is 2. The molecule has 1 aromatic rings. The molecule has 0 fully saturated rings. The standard InChI is InChI=1S/C19H27N3O6/c1-2-3-4-7-17(25)21-10-8-16(19(27)28-15(12-23)13-24)22-18(26)14-6-5-9-20-11-14/h3-6,9,11,15-16,23-24H,2,7-8,10,12-13H2,1H3,(H,21,25)(H,22,26)/b4-3-. The molecule has 154 valence electrons. The topological polar surface area (TPSA) is 138 Å². The van der Waals surface area contributed by atoms with Gasteiger partial charge < -0.3 is 25.6 Å². The number of carbonyl (C=O) groups is 3. The lowest BCUT2D eigenvalue weighted by Gasteiger charge is -2.20. The molecule has 0 aromatic carbocycles. The highest BCUT2D eigenvalue weighted by Gasteiger charge is 2.25. The third kappa shape index (κ3) is 8.74. The molecule has 0 aliphatic rings. The summed E-state index contributed by atoms with van der Waals surface area (Å²) in [6, 6.07) is 2.05. The Morgan fingerprint density at radius 3 is 2.61 bits per heavy atom. The van der Waals surface area contributed by atoms with E-state index >= 15 is 0 Å². The minimum absolute atomic E-state index is 0.0810. The Morgan fingerprint density at radius 1 is 1.25 bits per heavy atom. The molecule has 0 aliphatic carbocycles. The van der Waals surface area contributed by atoms with Crippen LogP contribution in [0.25, 0.3) is 0 Å². The van der Waals surface area contributed by atoms with Gasteiger partial charge in [-0.2, -0.15) is 0 Å². The van der Waals surface area contributed by atoms with Crippen LogP contribution in [-0.4, -0.2) is 64.9 Å². The summed E-state index contributed by atoms with van der Waals surface area (Å²) in [7, 11) is 0. The first-order valence-corrected chi connectivity index (χ1v) is 9.06. The first kappa shape index (κ1) is 23.3. The van der Waals surface area contributed by atoms with Crippen LogP contribution >= 0.6 is 0 Å².